The van der Waals surface area contributed by atoms with E-state index in [1.54, 1.807) is 0 Å². The summed E-state index contributed by atoms with van der Waals surface area (Å²) < 4.78 is 0. The predicted octanol–water partition coefficient (Wildman–Crippen LogP) is 14.8. The molecule has 1 nitrogen and oxygen atoms in total. The second-order valence-electron chi connectivity index (χ2n) is 16.1. The van der Waals surface area contributed by atoms with Crippen LogP contribution in [-0.4, -0.2) is 0 Å². The summed E-state index contributed by atoms with van der Waals surface area (Å²) in [4.78, 5) is 2.54. The maximum absolute atomic E-state index is 2.54. The lowest BCUT2D eigenvalue weighted by Gasteiger charge is -2.32. The number of nitrogens with zero attached hydrogens (tertiary/aromatic N) is 1. The summed E-state index contributed by atoms with van der Waals surface area (Å²) in [5.41, 5.74) is 21.2. The first-order valence-electron chi connectivity index (χ1n) is 19.5. The third-order valence-electron chi connectivity index (χ3n) is 12.3. The van der Waals surface area contributed by atoms with Crippen molar-refractivity contribution in [1.29, 1.82) is 0 Å². The second-order valence-corrected chi connectivity index (χ2v) is 16.1. The molecule has 0 bridgehead atoms. The molecule has 1 heteroatoms. The van der Waals surface area contributed by atoms with Gasteiger partial charge in [0.15, 0.2) is 0 Å². The third-order valence-corrected chi connectivity index (χ3v) is 12.3. The molecule has 0 aliphatic heterocycles. The van der Waals surface area contributed by atoms with E-state index in [-0.39, 0.29) is 10.8 Å². The topological polar surface area (TPSA) is 3.24 Å². The van der Waals surface area contributed by atoms with Gasteiger partial charge in [-0.15, -0.1) is 0 Å². The maximum atomic E-state index is 2.54. The van der Waals surface area contributed by atoms with Crippen LogP contribution in [-0.2, 0) is 10.8 Å². The van der Waals surface area contributed by atoms with Gasteiger partial charge in [-0.05, 0) is 91.0 Å². The van der Waals surface area contributed by atoms with Crippen molar-refractivity contribution in [2.24, 2.45) is 0 Å². The lowest BCUT2D eigenvalue weighted by Crippen LogP contribution is -2.17. The van der Waals surface area contributed by atoms with E-state index in [2.05, 4.69) is 221 Å². The van der Waals surface area contributed by atoms with Crippen LogP contribution in [0.5, 0.6) is 0 Å². The van der Waals surface area contributed by atoms with Crippen molar-refractivity contribution in [2.45, 2.75) is 38.5 Å². The van der Waals surface area contributed by atoms with E-state index in [9.17, 15) is 0 Å². The first-order valence-corrected chi connectivity index (χ1v) is 19.5. The van der Waals surface area contributed by atoms with Gasteiger partial charge >= 0.3 is 0 Å². The van der Waals surface area contributed by atoms with Crippen LogP contribution in [0.1, 0.15) is 49.9 Å². The van der Waals surface area contributed by atoms with Crippen LogP contribution in [0.25, 0.3) is 55.6 Å². The van der Waals surface area contributed by atoms with E-state index < -0.39 is 0 Å². The van der Waals surface area contributed by atoms with Gasteiger partial charge in [0.05, 0.1) is 11.4 Å². The average Bonchev–Trinajstić information content (AvgIpc) is 3.61. The fourth-order valence-corrected chi connectivity index (χ4v) is 9.60. The Hall–Kier alpha value is -6.44. The molecule has 8 aromatic carbocycles. The molecule has 2 aliphatic carbocycles. The molecule has 10 rings (SSSR count). The molecule has 0 heterocycles. The fourth-order valence-electron chi connectivity index (χ4n) is 9.60. The smallest absolute Gasteiger partial charge is 0.0546 e. The summed E-state index contributed by atoms with van der Waals surface area (Å²) in [6.07, 6.45) is 0. The molecule has 55 heavy (non-hydrogen) atoms. The first-order chi connectivity index (χ1) is 26.8. The predicted molar refractivity (Wildman–Crippen MR) is 233 cm³/mol. The van der Waals surface area contributed by atoms with Crippen molar-refractivity contribution in [2.75, 3.05) is 4.90 Å². The fraction of sp³-hybridized carbons (Fsp3) is 0.111. The highest BCUT2D eigenvalue weighted by Crippen LogP contribution is 2.57. The van der Waals surface area contributed by atoms with Crippen molar-refractivity contribution in [3.63, 3.8) is 0 Å². The van der Waals surface area contributed by atoms with Crippen LogP contribution in [0.4, 0.5) is 17.1 Å². The Labute approximate surface area is 325 Å². The molecular formula is C54H43N. The van der Waals surface area contributed by atoms with E-state index in [1.807, 2.05) is 0 Å². The lowest BCUT2D eigenvalue weighted by molar-refractivity contribution is 0.660. The van der Waals surface area contributed by atoms with E-state index in [4.69, 9.17) is 0 Å². The summed E-state index contributed by atoms with van der Waals surface area (Å²) in [6.45, 7) is 9.49. The van der Waals surface area contributed by atoms with Crippen LogP contribution in [0.3, 0.4) is 0 Å². The summed E-state index contributed by atoms with van der Waals surface area (Å²) in [6, 6.07) is 69.6. The zero-order chi connectivity index (χ0) is 37.3. The molecule has 0 N–H and O–H groups in total. The van der Waals surface area contributed by atoms with Gasteiger partial charge in [0.25, 0.3) is 0 Å². The van der Waals surface area contributed by atoms with E-state index >= 15 is 0 Å². The van der Waals surface area contributed by atoms with E-state index in [0.717, 1.165) is 17.1 Å². The summed E-state index contributed by atoms with van der Waals surface area (Å²) >= 11 is 0. The highest BCUT2D eigenvalue weighted by atomic mass is 15.1. The van der Waals surface area contributed by atoms with E-state index in [0.29, 0.717) is 0 Å². The molecule has 0 amide bonds. The van der Waals surface area contributed by atoms with Crippen molar-refractivity contribution in [3.8, 4) is 55.6 Å². The van der Waals surface area contributed by atoms with Gasteiger partial charge < -0.3 is 4.90 Å². The quantitative estimate of drug-likeness (QED) is 0.166. The SMILES string of the molecule is CC1(C)c2ccccc2-c2ccc(N(c3ccccc3-c3ccccc3)c3cccc(-c4ccccc4)c3-c3cccc4c3-c3ccccc3C4(C)C)cc21. The highest BCUT2D eigenvalue weighted by molar-refractivity contribution is 6.05. The van der Waals surface area contributed by atoms with Crippen LogP contribution < -0.4 is 4.90 Å². The number of rotatable bonds is 6. The Kier molecular flexibility index (Phi) is 7.58. The zero-order valence-electron chi connectivity index (χ0n) is 31.8. The number of fused-ring (bicyclic) bond motifs is 6. The maximum Gasteiger partial charge on any atom is 0.0546 e. The molecule has 0 aromatic heterocycles. The number of hydrogen-bond acceptors (Lipinski definition) is 1. The van der Waals surface area contributed by atoms with E-state index in [1.165, 1.54) is 77.9 Å². The van der Waals surface area contributed by atoms with Crippen molar-refractivity contribution >= 4 is 17.1 Å². The molecule has 0 saturated carbocycles. The van der Waals surface area contributed by atoms with Gasteiger partial charge in [-0.3, -0.25) is 0 Å². The zero-order valence-corrected chi connectivity index (χ0v) is 31.8. The van der Waals surface area contributed by atoms with Gasteiger partial charge in [-0.1, -0.05) is 191 Å². The minimum absolute atomic E-state index is 0.121. The molecular weight excluding hydrogens is 663 g/mol. The van der Waals surface area contributed by atoms with Gasteiger partial charge in [-0.25, -0.2) is 0 Å². The largest absolute Gasteiger partial charge is 0.309 e. The summed E-state index contributed by atoms with van der Waals surface area (Å²) in [7, 11) is 0. The molecule has 0 radical (unpaired) electrons. The minimum atomic E-state index is -0.142. The van der Waals surface area contributed by atoms with Crippen LogP contribution >= 0.6 is 0 Å². The molecule has 264 valence electrons. The number of para-hydroxylation sites is 1. The molecule has 0 atom stereocenters. The molecule has 0 spiro atoms. The second kappa shape index (κ2) is 12.6. The number of anilines is 3. The molecule has 0 unspecified atom stereocenters. The molecule has 0 saturated heterocycles. The van der Waals surface area contributed by atoms with Crippen LogP contribution in [0.2, 0.25) is 0 Å². The molecule has 0 fully saturated rings. The van der Waals surface area contributed by atoms with Gasteiger partial charge in [-0.2, -0.15) is 0 Å². The average molecular weight is 706 g/mol. The van der Waals surface area contributed by atoms with Crippen molar-refractivity contribution in [1.82, 2.24) is 0 Å². The Bertz CT molecular complexity index is 2750. The first kappa shape index (κ1) is 33.2. The minimum Gasteiger partial charge on any atom is -0.309 e. The summed E-state index contributed by atoms with van der Waals surface area (Å²) in [5.74, 6) is 0. The van der Waals surface area contributed by atoms with Crippen molar-refractivity contribution in [3.05, 3.63) is 210 Å². The van der Waals surface area contributed by atoms with Crippen LogP contribution in [0.15, 0.2) is 188 Å². The Morgan fingerprint density at radius 1 is 0.309 bits per heavy atom. The van der Waals surface area contributed by atoms with Gasteiger partial charge in [0, 0.05) is 27.6 Å². The molecule has 2 aliphatic rings. The van der Waals surface area contributed by atoms with Gasteiger partial charge in [0.1, 0.15) is 0 Å². The van der Waals surface area contributed by atoms with Gasteiger partial charge in [0.2, 0.25) is 0 Å². The molecule has 8 aromatic rings. The highest BCUT2D eigenvalue weighted by Gasteiger charge is 2.39. The number of hydrogen-bond donors (Lipinski definition) is 0. The standard InChI is InChI=1S/C54H43N/c1-53(2)46-29-15-12-25-43(46)51-44(27-17-30-47(51)53)52-40(37-21-9-6-10-22-37)26-18-32-50(52)55(49-31-16-13-23-39(49)36-19-7-5-8-20-36)38-33-34-42-41-24-11-14-28-45(41)54(3,4)48(42)35-38/h5-35H,1-4H3. The van der Waals surface area contributed by atoms with Crippen LogP contribution in [0, 0.1) is 0 Å². The Morgan fingerprint density at radius 2 is 0.782 bits per heavy atom. The monoisotopic (exact) mass is 705 g/mol. The summed E-state index contributed by atoms with van der Waals surface area (Å²) in [5, 5.41) is 0. The third kappa shape index (κ3) is 5.07. The Morgan fingerprint density at radius 3 is 1.51 bits per heavy atom. The Balaban J connectivity index is 1.31. The number of benzene rings is 8. The lowest BCUT2D eigenvalue weighted by atomic mass is 9.81. The normalized spacial score (nSPS) is 14.1. The van der Waals surface area contributed by atoms with Crippen molar-refractivity contribution < 1.29 is 0 Å².